The lowest BCUT2D eigenvalue weighted by Gasteiger charge is -2.18. The molecule has 2 aromatic rings. The molecule has 0 aliphatic heterocycles. The van der Waals surface area contributed by atoms with Gasteiger partial charge in [0.1, 0.15) is 10.6 Å². The summed E-state index contributed by atoms with van der Waals surface area (Å²) in [5, 5.41) is 0.334. The predicted octanol–water partition coefficient (Wildman–Crippen LogP) is 2.56. The molecular weight excluding hydrogens is 312 g/mol. The van der Waals surface area contributed by atoms with E-state index in [1.165, 1.54) is 30.6 Å². The molecule has 0 bridgehead atoms. The molecule has 0 N–H and O–H groups in total. The first-order valence-corrected chi connectivity index (χ1v) is 7.96. The van der Waals surface area contributed by atoms with Crippen LogP contribution >= 0.6 is 11.6 Å². The van der Waals surface area contributed by atoms with E-state index >= 15 is 0 Å². The largest absolute Gasteiger partial charge is 0.495 e. The number of benzene rings is 1. The minimum Gasteiger partial charge on any atom is -0.495 e. The van der Waals surface area contributed by atoms with Crippen molar-refractivity contribution in [3.05, 3.63) is 53.3 Å². The van der Waals surface area contributed by atoms with Crippen molar-refractivity contribution >= 4 is 21.6 Å². The van der Waals surface area contributed by atoms with Crippen molar-refractivity contribution in [3.63, 3.8) is 0 Å². The van der Waals surface area contributed by atoms with Gasteiger partial charge in [-0.15, -0.1) is 0 Å². The monoisotopic (exact) mass is 326 g/mol. The van der Waals surface area contributed by atoms with Crippen LogP contribution in [0.25, 0.3) is 0 Å². The van der Waals surface area contributed by atoms with Crippen molar-refractivity contribution in [1.82, 2.24) is 9.29 Å². The summed E-state index contributed by atoms with van der Waals surface area (Å²) in [5.41, 5.74) is 0.657. The number of methoxy groups -OCH3 is 1. The Morgan fingerprint density at radius 1 is 1.29 bits per heavy atom. The van der Waals surface area contributed by atoms with Crippen molar-refractivity contribution in [2.75, 3.05) is 14.2 Å². The zero-order valence-electron chi connectivity index (χ0n) is 11.7. The molecule has 0 saturated carbocycles. The van der Waals surface area contributed by atoms with Crippen LogP contribution in [0.3, 0.4) is 0 Å². The maximum atomic E-state index is 12.6. The van der Waals surface area contributed by atoms with Gasteiger partial charge in [-0.1, -0.05) is 17.7 Å². The third kappa shape index (κ3) is 3.53. The van der Waals surface area contributed by atoms with Crippen LogP contribution in [0, 0.1) is 0 Å². The van der Waals surface area contributed by atoms with Gasteiger partial charge in [-0.05, 0) is 30.3 Å². The van der Waals surface area contributed by atoms with E-state index in [0.717, 1.165) is 0 Å². The second-order valence-corrected chi connectivity index (χ2v) is 6.83. The van der Waals surface area contributed by atoms with E-state index in [2.05, 4.69) is 4.98 Å². The molecule has 2 rings (SSSR count). The van der Waals surface area contributed by atoms with Crippen LogP contribution in [0.1, 0.15) is 5.69 Å². The van der Waals surface area contributed by atoms with E-state index in [0.29, 0.717) is 10.7 Å². The number of rotatable bonds is 5. The highest BCUT2D eigenvalue weighted by Crippen LogP contribution is 2.29. The quantitative estimate of drug-likeness (QED) is 0.847. The Bertz CT molecular complexity index is 720. The van der Waals surface area contributed by atoms with Crippen LogP contribution in [0.15, 0.2) is 47.5 Å². The summed E-state index contributed by atoms with van der Waals surface area (Å²) in [6, 6.07) is 9.84. The van der Waals surface area contributed by atoms with E-state index in [4.69, 9.17) is 16.3 Å². The van der Waals surface area contributed by atoms with Gasteiger partial charge in [0.15, 0.2) is 0 Å². The predicted molar refractivity (Wildman–Crippen MR) is 80.9 cm³/mol. The fourth-order valence-electron chi connectivity index (χ4n) is 1.82. The number of sulfonamides is 1. The lowest BCUT2D eigenvalue weighted by Crippen LogP contribution is -2.27. The summed E-state index contributed by atoms with van der Waals surface area (Å²) in [6.45, 7) is 0.166. The molecule has 0 radical (unpaired) electrons. The number of hydrogen-bond acceptors (Lipinski definition) is 4. The van der Waals surface area contributed by atoms with Crippen LogP contribution in [-0.2, 0) is 16.6 Å². The number of halogens is 1. The molecule has 1 aromatic heterocycles. The van der Waals surface area contributed by atoms with E-state index in [9.17, 15) is 8.42 Å². The van der Waals surface area contributed by atoms with Gasteiger partial charge in [0, 0.05) is 18.3 Å². The second kappa shape index (κ2) is 6.43. The Balaban J connectivity index is 2.35. The molecule has 1 aromatic carbocycles. The third-order valence-electron chi connectivity index (χ3n) is 2.92. The molecule has 0 amide bonds. The van der Waals surface area contributed by atoms with Crippen molar-refractivity contribution in [3.8, 4) is 5.75 Å². The zero-order chi connectivity index (χ0) is 15.5. The van der Waals surface area contributed by atoms with Gasteiger partial charge >= 0.3 is 0 Å². The average molecular weight is 327 g/mol. The first-order valence-electron chi connectivity index (χ1n) is 6.15. The van der Waals surface area contributed by atoms with Crippen LogP contribution in [0.4, 0.5) is 0 Å². The van der Waals surface area contributed by atoms with Gasteiger partial charge in [0.05, 0.1) is 19.3 Å². The maximum Gasteiger partial charge on any atom is 0.246 e. The van der Waals surface area contributed by atoms with Crippen molar-refractivity contribution in [1.29, 1.82) is 0 Å². The molecular formula is C14H15ClN2O3S. The van der Waals surface area contributed by atoms with E-state index in [-0.39, 0.29) is 17.2 Å². The highest BCUT2D eigenvalue weighted by molar-refractivity contribution is 7.89. The second-order valence-electron chi connectivity index (χ2n) is 4.38. The Labute approximate surface area is 129 Å². The zero-order valence-corrected chi connectivity index (χ0v) is 13.2. The summed E-state index contributed by atoms with van der Waals surface area (Å²) in [6.07, 6.45) is 1.62. The highest BCUT2D eigenvalue weighted by Gasteiger charge is 2.25. The van der Waals surface area contributed by atoms with E-state index in [1.54, 1.807) is 24.4 Å². The van der Waals surface area contributed by atoms with Crippen LogP contribution in [-0.4, -0.2) is 31.9 Å². The normalized spacial score (nSPS) is 11.6. The van der Waals surface area contributed by atoms with Gasteiger partial charge in [-0.3, -0.25) is 4.98 Å². The van der Waals surface area contributed by atoms with Gasteiger partial charge in [-0.25, -0.2) is 8.42 Å². The maximum absolute atomic E-state index is 12.6. The standard InChI is InChI=1S/C14H15ClN2O3S/c1-17(10-12-5-3-4-8-16-12)21(18,19)14-9-11(15)6-7-13(14)20-2/h3-9H,10H2,1-2H3. The van der Waals surface area contributed by atoms with Crippen molar-refractivity contribution in [2.24, 2.45) is 0 Å². The first-order chi connectivity index (χ1) is 9.95. The molecule has 112 valence electrons. The van der Waals surface area contributed by atoms with Crippen LogP contribution < -0.4 is 4.74 Å². The first kappa shape index (κ1) is 15.8. The summed E-state index contributed by atoms with van der Waals surface area (Å²) in [7, 11) is -0.810. The van der Waals surface area contributed by atoms with Crippen LogP contribution in [0.2, 0.25) is 5.02 Å². The lowest BCUT2D eigenvalue weighted by atomic mass is 10.3. The molecule has 0 fully saturated rings. The number of ether oxygens (including phenoxy) is 1. The molecule has 0 saturated heterocycles. The Kier molecular flexibility index (Phi) is 4.82. The minimum absolute atomic E-state index is 0.0379. The number of hydrogen-bond donors (Lipinski definition) is 0. The molecule has 1 heterocycles. The van der Waals surface area contributed by atoms with Gasteiger partial charge < -0.3 is 4.74 Å². The molecule has 0 aliphatic rings. The Morgan fingerprint density at radius 2 is 2.05 bits per heavy atom. The Hall–Kier alpha value is -1.63. The molecule has 5 nitrogen and oxygen atoms in total. The summed E-state index contributed by atoms with van der Waals surface area (Å²) < 4.78 is 31.6. The minimum atomic E-state index is -3.72. The summed E-state index contributed by atoms with van der Waals surface area (Å²) in [4.78, 5) is 4.16. The molecule has 0 atom stereocenters. The fraction of sp³-hybridized carbons (Fsp3) is 0.214. The molecule has 7 heteroatoms. The van der Waals surface area contributed by atoms with Gasteiger partial charge in [-0.2, -0.15) is 4.31 Å². The fourth-order valence-corrected chi connectivity index (χ4v) is 3.38. The average Bonchev–Trinajstić information content (AvgIpc) is 2.48. The number of nitrogens with zero attached hydrogens (tertiary/aromatic N) is 2. The van der Waals surface area contributed by atoms with Crippen LogP contribution in [0.5, 0.6) is 5.75 Å². The highest BCUT2D eigenvalue weighted by atomic mass is 35.5. The number of pyridine rings is 1. The summed E-state index contributed by atoms with van der Waals surface area (Å²) >= 11 is 5.89. The van der Waals surface area contributed by atoms with Gasteiger partial charge in [0.2, 0.25) is 10.0 Å². The molecule has 0 unspecified atom stereocenters. The number of aromatic nitrogens is 1. The van der Waals surface area contributed by atoms with Crippen molar-refractivity contribution in [2.45, 2.75) is 11.4 Å². The lowest BCUT2D eigenvalue weighted by molar-refractivity contribution is 0.397. The summed E-state index contributed by atoms with van der Waals surface area (Å²) in [5.74, 6) is 0.257. The molecule has 0 aliphatic carbocycles. The van der Waals surface area contributed by atoms with E-state index < -0.39 is 10.0 Å². The third-order valence-corrected chi connectivity index (χ3v) is 4.98. The van der Waals surface area contributed by atoms with Gasteiger partial charge in [0.25, 0.3) is 0 Å². The molecule has 21 heavy (non-hydrogen) atoms. The Morgan fingerprint density at radius 3 is 2.67 bits per heavy atom. The SMILES string of the molecule is COc1ccc(Cl)cc1S(=O)(=O)N(C)Cc1ccccn1. The smallest absolute Gasteiger partial charge is 0.246 e. The van der Waals surface area contributed by atoms with E-state index in [1.807, 2.05) is 6.07 Å². The molecule has 0 spiro atoms. The van der Waals surface area contributed by atoms with Crippen molar-refractivity contribution < 1.29 is 13.2 Å². The topological polar surface area (TPSA) is 59.5 Å².